The van der Waals surface area contributed by atoms with Crippen molar-refractivity contribution in [2.75, 3.05) is 74.0 Å². The van der Waals surface area contributed by atoms with Gasteiger partial charge in [0.25, 0.3) is 20.0 Å². The molecule has 26 nitrogen and oxygen atoms in total. The number of nitrogens with one attached hydrogen (secondary N) is 1. The summed E-state index contributed by atoms with van der Waals surface area (Å²) in [4.78, 5) is 52.2. The molecule has 105 heavy (non-hydrogen) atoms. The number of fused-ring (bicyclic) bond motifs is 3. The van der Waals surface area contributed by atoms with Crippen molar-refractivity contribution in [3.05, 3.63) is 187 Å². The number of aromatic amines is 1. The van der Waals surface area contributed by atoms with E-state index < -0.39 is 20.0 Å². The number of H-pyrrole nitrogens is 1. The number of hydrogen-bond donors (Lipinski definition) is 1. The molecule has 1 N–H and O–H groups in total. The fourth-order valence-electron chi connectivity index (χ4n) is 12.8. The minimum absolute atomic E-state index is 0. The third-order valence-electron chi connectivity index (χ3n) is 18.1. The van der Waals surface area contributed by atoms with Crippen molar-refractivity contribution in [3.63, 3.8) is 0 Å². The maximum atomic E-state index is 13.5. The molecule has 0 radical (unpaired) electrons. The molecule has 3 atom stereocenters. The number of morpholine rings is 3. The fourth-order valence-corrected chi connectivity index (χ4v) is 15.6. The van der Waals surface area contributed by atoms with E-state index in [1.165, 1.54) is 20.3 Å². The molecule has 3 fully saturated rings. The molecular formula is C75H83ClN17O9S2W-. The van der Waals surface area contributed by atoms with E-state index in [9.17, 15) is 16.8 Å². The van der Waals surface area contributed by atoms with Crippen molar-refractivity contribution in [2.45, 2.75) is 105 Å². The van der Waals surface area contributed by atoms with Crippen molar-refractivity contribution < 1.29 is 61.2 Å². The number of halogens is 1. The van der Waals surface area contributed by atoms with Crippen molar-refractivity contribution in [1.29, 1.82) is 0 Å². The molecule has 3 aliphatic rings. The Labute approximate surface area is 630 Å². The molecular weight excluding hydrogens is 1570 g/mol. The van der Waals surface area contributed by atoms with E-state index in [1.807, 2.05) is 78.1 Å². The molecule has 2 aromatic carbocycles. The van der Waals surface area contributed by atoms with Crippen molar-refractivity contribution in [1.82, 2.24) is 68.1 Å². The summed E-state index contributed by atoms with van der Waals surface area (Å²) in [5, 5.41) is 10.8. The van der Waals surface area contributed by atoms with Crippen LogP contribution < -0.4 is 14.7 Å². The predicted molar refractivity (Wildman–Crippen MR) is 404 cm³/mol. The van der Waals surface area contributed by atoms with E-state index in [0.29, 0.717) is 126 Å². The van der Waals surface area contributed by atoms with E-state index in [4.69, 9.17) is 59.8 Å². The van der Waals surface area contributed by atoms with Gasteiger partial charge < -0.3 is 50.4 Å². The third kappa shape index (κ3) is 15.6. The van der Waals surface area contributed by atoms with Gasteiger partial charge in [0, 0.05) is 129 Å². The topological polar surface area (TPSA) is 299 Å². The average Bonchev–Trinajstić information content (AvgIpc) is 1.65. The van der Waals surface area contributed by atoms with Crippen molar-refractivity contribution in [2.24, 2.45) is 0 Å². The molecule has 11 aromatic heterocycles. The van der Waals surface area contributed by atoms with Gasteiger partial charge in [-0.15, -0.1) is 0 Å². The second-order valence-electron chi connectivity index (χ2n) is 25.1. The minimum Gasteiger partial charge on any atom is -0.377 e. The zero-order chi connectivity index (χ0) is 70.4. The first-order valence-electron chi connectivity index (χ1n) is 32.9. The Morgan fingerprint density at radius 3 is 1.25 bits per heavy atom. The maximum absolute atomic E-state index is 13.5. The zero-order valence-electron chi connectivity index (χ0n) is 58.3. The van der Waals surface area contributed by atoms with E-state index >= 15 is 0 Å². The Bertz CT molecular complexity index is 5440. The van der Waals surface area contributed by atoms with Crippen LogP contribution in [0.2, 0.25) is 5.15 Å². The van der Waals surface area contributed by atoms with Crippen LogP contribution in [0.15, 0.2) is 159 Å². The summed E-state index contributed by atoms with van der Waals surface area (Å²) in [7, 11) is -7.67. The Hall–Kier alpha value is -9.67. The van der Waals surface area contributed by atoms with Gasteiger partial charge in [0.1, 0.15) is 39.8 Å². The summed E-state index contributed by atoms with van der Waals surface area (Å²) in [6.07, 6.45) is 9.83. The number of nitrogens with zero attached hydrogens (tertiary/aromatic N) is 16. The normalized spacial score (nSPS) is 16.1. The zero-order valence-corrected chi connectivity index (χ0v) is 63.6. The van der Waals surface area contributed by atoms with Crippen LogP contribution in [0.5, 0.6) is 0 Å². The van der Waals surface area contributed by atoms with Gasteiger partial charge >= 0.3 is 0 Å². The Balaban J connectivity index is 0.000000167. The molecule has 0 unspecified atom stereocenters. The summed E-state index contributed by atoms with van der Waals surface area (Å²) in [5.74, 6) is 5.26. The van der Waals surface area contributed by atoms with Crippen LogP contribution in [0.1, 0.15) is 69.7 Å². The van der Waals surface area contributed by atoms with Gasteiger partial charge in [-0.25, -0.2) is 69.6 Å². The first kappa shape index (κ1) is 77.9. The Morgan fingerprint density at radius 1 is 0.476 bits per heavy atom. The molecule has 14 heterocycles. The van der Waals surface area contributed by atoms with Gasteiger partial charge in [0.05, 0.1) is 101 Å². The van der Waals surface area contributed by atoms with Gasteiger partial charge in [-0.1, -0.05) is 72.2 Å². The summed E-state index contributed by atoms with van der Waals surface area (Å²) < 4.78 is 83.6. The predicted octanol–water partition coefficient (Wildman–Crippen LogP) is 13.7. The standard InChI is InChI=1S/C28H28N6O4S.C23H22ClN5O3S.C21H22N6O2.2CH4.CH3.W/c1-17-5-7-21(8-6-17)39(35,36)34-12-10-23-22(9-11-29-28(23)34)27-30-24(26-19(3)32-38-20(26)4)15-25(31-27)33-13-14-37-16-18(33)2;1-15-3-5-17(6-4-15)33(30,31)29-10-8-19-18(7-9-25-23(19)29)22-26-20(24)13-21(27-22)28-11-12-32-14-16(28)2;1-12-11-28-9-8-27(12)18-10-17(19-13(2)26-29-14(19)3)24-21(25-18)16-5-7-23-20-15(16)4-6-22-20;;;;/h5-12,15,18H,13-14,16H2,1-4H3;3-10,13,16H,11-12,14H2,1-2H3;4-7,10,12H,8-9,11H2,1-3H3,(H,22,23);2*1H4;1H3;/q;;;;;-1;/t18-;16-;12-;;;;/m111..../s1. The Kier molecular flexibility index (Phi) is 24.0. The molecule has 30 heteroatoms. The minimum atomic E-state index is -3.85. The summed E-state index contributed by atoms with van der Waals surface area (Å²) in [6.45, 7) is 23.7. The maximum Gasteiger partial charge on any atom is 0.269 e. The molecule has 0 spiro atoms. The largest absolute Gasteiger partial charge is 0.377 e. The third-order valence-corrected chi connectivity index (χ3v) is 21.7. The van der Waals surface area contributed by atoms with Gasteiger partial charge in [0.2, 0.25) is 0 Å². The van der Waals surface area contributed by atoms with Crippen molar-refractivity contribution >= 4 is 82.2 Å². The first-order valence-corrected chi connectivity index (χ1v) is 36.2. The van der Waals surface area contributed by atoms with Gasteiger partial charge in [-0.05, 0) is 123 Å². The van der Waals surface area contributed by atoms with E-state index in [2.05, 4.69) is 70.7 Å². The van der Waals surface area contributed by atoms with Crippen LogP contribution >= 0.6 is 11.6 Å². The SMILES string of the molecule is C.C.Cc1ccc(S(=O)(=O)n2ccc3c(-c4nc(-c5c(C)noc5C)cc(N5CCOC[C@H]5C)n4)ccnc32)cc1.Cc1ccc(S(=O)(=O)n2ccc3c(-c4nc(Cl)cc(N5CCOC[C@H]5C)n4)ccnc32)cc1.Cc1noc(C)c1-c1cc(N2CCOC[C@H]2C)nc(-c2ccnc3[nH]ccc23)n1.[CH3-].[W]. The van der Waals surface area contributed by atoms with Crippen molar-refractivity contribution in [3.8, 4) is 56.7 Å². The van der Waals surface area contributed by atoms with Crippen LogP contribution in [0, 0.1) is 49.0 Å². The molecule has 0 aliphatic carbocycles. The molecule has 16 rings (SSSR count). The fraction of sp³-hybridized carbons (Fsp3) is 0.307. The van der Waals surface area contributed by atoms with E-state index in [-0.39, 0.29) is 71.3 Å². The van der Waals surface area contributed by atoms with Crippen LogP contribution in [0.25, 0.3) is 89.8 Å². The van der Waals surface area contributed by atoms with Crippen LogP contribution in [-0.4, -0.2) is 162 Å². The van der Waals surface area contributed by atoms with Gasteiger partial charge in [-0.3, -0.25) is 0 Å². The number of aryl methyl sites for hydroxylation is 6. The summed E-state index contributed by atoms with van der Waals surface area (Å²) >= 11 is 6.36. The number of pyridine rings is 3. The Morgan fingerprint density at radius 2 is 0.857 bits per heavy atom. The molecule has 548 valence electrons. The molecule has 3 saturated heterocycles. The second-order valence-corrected chi connectivity index (χ2v) is 29.2. The molecule has 13 aromatic rings. The summed E-state index contributed by atoms with van der Waals surface area (Å²) in [6, 6.07) is 30.7. The number of anilines is 3. The van der Waals surface area contributed by atoms with E-state index in [1.54, 1.807) is 91.4 Å². The smallest absolute Gasteiger partial charge is 0.269 e. The molecule has 0 bridgehead atoms. The van der Waals surface area contributed by atoms with Crippen LogP contribution in [0.4, 0.5) is 17.5 Å². The number of rotatable bonds is 12. The van der Waals surface area contributed by atoms with E-state index in [0.717, 1.165) is 79.9 Å². The number of benzene rings is 2. The van der Waals surface area contributed by atoms with Gasteiger partial charge in [0.15, 0.2) is 28.8 Å². The number of ether oxygens (including phenoxy) is 3. The monoisotopic (exact) mass is 1650 g/mol. The summed E-state index contributed by atoms with van der Waals surface area (Å²) in [5.41, 5.74) is 10.4. The molecule has 3 aliphatic heterocycles. The molecule has 0 saturated carbocycles. The number of aromatic nitrogens is 14. The second kappa shape index (κ2) is 32.4. The molecule has 0 amide bonds. The first-order chi connectivity index (χ1) is 48.7. The number of hydrogen-bond acceptors (Lipinski definition) is 23. The van der Waals surface area contributed by atoms with Gasteiger partial charge in [-0.2, -0.15) is 0 Å². The quantitative estimate of drug-likeness (QED) is 0.0877. The van der Waals surface area contributed by atoms with Crippen LogP contribution in [0.3, 0.4) is 0 Å². The average molecular weight is 1650 g/mol. The van der Waals surface area contributed by atoms with Crippen LogP contribution in [-0.2, 0) is 55.3 Å².